The maximum Gasteiger partial charge on any atom is 0.329 e. The summed E-state index contributed by atoms with van der Waals surface area (Å²) in [7, 11) is 0. The number of nitrogens with one attached hydrogen (secondary N) is 3. The molecule has 1 aliphatic rings. The van der Waals surface area contributed by atoms with Crippen LogP contribution >= 0.6 is 0 Å². The Bertz CT molecular complexity index is 894. The number of amides is 3. The SMILES string of the molecule is CC(C)[C@@H]1NC(=O)[C@H](C(C)C)OC(=O)[C@@H](C(C)C)NC(=O)[C@@H](C)OC(=O)[C@H](C(C)C)NC(=O)[C@@H](C)OC1=O. The van der Waals surface area contributed by atoms with Crippen LogP contribution in [0.2, 0.25) is 0 Å². The van der Waals surface area contributed by atoms with E-state index in [4.69, 9.17) is 14.2 Å². The summed E-state index contributed by atoms with van der Waals surface area (Å²) in [6.07, 6.45) is -3.89. The lowest BCUT2D eigenvalue weighted by atomic mass is 10.0. The third-order valence-electron chi connectivity index (χ3n) is 6.09. The van der Waals surface area contributed by atoms with Gasteiger partial charge in [0.05, 0.1) is 0 Å². The second-order valence-electron chi connectivity index (χ2n) is 11.0. The highest BCUT2D eigenvalue weighted by molar-refractivity contribution is 5.93. The zero-order valence-electron chi connectivity index (χ0n) is 23.9. The summed E-state index contributed by atoms with van der Waals surface area (Å²) in [5.74, 6) is -6.59. The van der Waals surface area contributed by atoms with Gasteiger partial charge in [0.15, 0.2) is 18.3 Å². The van der Waals surface area contributed by atoms with Gasteiger partial charge >= 0.3 is 17.9 Å². The fourth-order valence-electron chi connectivity index (χ4n) is 3.56. The second-order valence-corrected chi connectivity index (χ2v) is 11.0. The van der Waals surface area contributed by atoms with Crippen LogP contribution in [0.5, 0.6) is 0 Å². The summed E-state index contributed by atoms with van der Waals surface area (Å²) in [6.45, 7) is 16.0. The molecular weight excluding hydrogens is 498 g/mol. The highest BCUT2D eigenvalue weighted by Crippen LogP contribution is 2.15. The van der Waals surface area contributed by atoms with E-state index < -0.39 is 95.7 Å². The van der Waals surface area contributed by atoms with E-state index in [-0.39, 0.29) is 0 Å². The molecule has 0 aromatic heterocycles. The fourth-order valence-corrected chi connectivity index (χ4v) is 3.56. The van der Waals surface area contributed by atoms with Crippen LogP contribution in [0.4, 0.5) is 0 Å². The minimum absolute atomic E-state index is 0.427. The molecule has 0 bridgehead atoms. The number of rotatable bonds is 4. The standard InChI is InChI=1S/C26H43N3O9/c1-11(2)17-24(33)36-16(10)22(31)28-19(13(5)6)26(35)38-20(14(7)8)23(32)29-18(12(3)4)25(34)37-15(9)21(30)27-17/h11-20H,1-10H3,(H,27,30)(H,28,31)(H,29,32)/t15-,16-,17+,18+,19-,20+/m1/s1. The van der Waals surface area contributed by atoms with Crippen molar-refractivity contribution in [2.24, 2.45) is 23.7 Å². The maximum absolute atomic E-state index is 13.1. The van der Waals surface area contributed by atoms with Gasteiger partial charge in [-0.1, -0.05) is 55.4 Å². The number of carbonyl (C=O) groups is 6. The molecule has 0 unspecified atom stereocenters. The molecule has 12 heteroatoms. The Hall–Kier alpha value is -3.18. The van der Waals surface area contributed by atoms with Crippen molar-refractivity contribution in [2.45, 2.75) is 106 Å². The Kier molecular flexibility index (Phi) is 12.2. The van der Waals surface area contributed by atoms with Crippen LogP contribution in [0.3, 0.4) is 0 Å². The van der Waals surface area contributed by atoms with E-state index in [1.807, 2.05) is 0 Å². The van der Waals surface area contributed by atoms with Crippen molar-refractivity contribution >= 4 is 35.6 Å². The first kappa shape index (κ1) is 32.8. The molecule has 38 heavy (non-hydrogen) atoms. The molecule has 0 aliphatic carbocycles. The van der Waals surface area contributed by atoms with Gasteiger partial charge in [-0.3, -0.25) is 14.4 Å². The molecule has 12 nitrogen and oxygen atoms in total. The number of hydrogen-bond acceptors (Lipinski definition) is 9. The van der Waals surface area contributed by atoms with Crippen molar-refractivity contribution in [3.05, 3.63) is 0 Å². The predicted molar refractivity (Wildman–Crippen MR) is 136 cm³/mol. The lowest BCUT2D eigenvalue weighted by molar-refractivity contribution is -0.167. The van der Waals surface area contributed by atoms with Crippen LogP contribution in [-0.2, 0) is 43.0 Å². The monoisotopic (exact) mass is 541 g/mol. The van der Waals surface area contributed by atoms with Crippen molar-refractivity contribution in [1.29, 1.82) is 0 Å². The average Bonchev–Trinajstić information content (AvgIpc) is 2.80. The zero-order valence-corrected chi connectivity index (χ0v) is 23.9. The molecule has 3 amide bonds. The van der Waals surface area contributed by atoms with E-state index in [1.54, 1.807) is 55.4 Å². The van der Waals surface area contributed by atoms with E-state index in [0.29, 0.717) is 0 Å². The Morgan fingerprint density at radius 3 is 1.05 bits per heavy atom. The van der Waals surface area contributed by atoms with Crippen molar-refractivity contribution in [3.63, 3.8) is 0 Å². The van der Waals surface area contributed by atoms with Gasteiger partial charge in [0.2, 0.25) is 0 Å². The van der Waals surface area contributed by atoms with E-state index >= 15 is 0 Å². The first-order valence-corrected chi connectivity index (χ1v) is 13.0. The molecule has 1 heterocycles. The Morgan fingerprint density at radius 1 is 0.474 bits per heavy atom. The van der Waals surface area contributed by atoms with Gasteiger partial charge in [-0.2, -0.15) is 0 Å². The molecule has 1 saturated heterocycles. The lowest BCUT2D eigenvalue weighted by Crippen LogP contribution is -2.56. The van der Waals surface area contributed by atoms with E-state index in [2.05, 4.69) is 16.0 Å². The summed E-state index contributed by atoms with van der Waals surface area (Å²) in [4.78, 5) is 77.5. The number of hydrogen-bond donors (Lipinski definition) is 3. The van der Waals surface area contributed by atoms with Crippen LogP contribution in [0.25, 0.3) is 0 Å². The summed E-state index contributed by atoms with van der Waals surface area (Å²) in [5.41, 5.74) is 0. The molecule has 6 atom stereocenters. The van der Waals surface area contributed by atoms with E-state index in [9.17, 15) is 28.8 Å². The molecule has 1 fully saturated rings. The number of esters is 3. The van der Waals surface area contributed by atoms with Crippen LogP contribution in [0.1, 0.15) is 69.2 Å². The largest absolute Gasteiger partial charge is 0.451 e. The molecule has 1 aliphatic heterocycles. The number of ether oxygens (including phenoxy) is 3. The van der Waals surface area contributed by atoms with Crippen molar-refractivity contribution < 1.29 is 43.0 Å². The van der Waals surface area contributed by atoms with Crippen LogP contribution < -0.4 is 16.0 Å². The van der Waals surface area contributed by atoms with Crippen LogP contribution in [-0.4, -0.2) is 72.1 Å². The summed E-state index contributed by atoms with van der Waals surface area (Å²) in [6, 6.07) is -3.44. The molecule has 0 saturated carbocycles. The van der Waals surface area contributed by atoms with Crippen molar-refractivity contribution in [3.8, 4) is 0 Å². The van der Waals surface area contributed by atoms with Gasteiger partial charge in [0, 0.05) is 0 Å². The third-order valence-corrected chi connectivity index (χ3v) is 6.09. The minimum Gasteiger partial charge on any atom is -0.451 e. The van der Waals surface area contributed by atoms with E-state index in [1.165, 1.54) is 13.8 Å². The quantitative estimate of drug-likeness (QED) is 0.345. The second kappa shape index (κ2) is 14.1. The highest BCUT2D eigenvalue weighted by Gasteiger charge is 2.38. The first-order chi connectivity index (χ1) is 17.5. The number of cyclic esters (lactones) is 3. The zero-order chi connectivity index (χ0) is 29.5. The topological polar surface area (TPSA) is 166 Å². The van der Waals surface area contributed by atoms with Gasteiger partial charge in [0.1, 0.15) is 18.1 Å². The van der Waals surface area contributed by atoms with E-state index in [0.717, 1.165) is 0 Å². The third kappa shape index (κ3) is 8.98. The smallest absolute Gasteiger partial charge is 0.329 e. The molecule has 0 spiro atoms. The van der Waals surface area contributed by atoms with Gasteiger partial charge in [-0.15, -0.1) is 0 Å². The molecular formula is C26H43N3O9. The Morgan fingerprint density at radius 2 is 0.763 bits per heavy atom. The molecule has 0 radical (unpaired) electrons. The summed E-state index contributed by atoms with van der Waals surface area (Å²) >= 11 is 0. The average molecular weight is 542 g/mol. The van der Waals surface area contributed by atoms with Crippen LogP contribution in [0.15, 0.2) is 0 Å². The van der Waals surface area contributed by atoms with Crippen molar-refractivity contribution in [1.82, 2.24) is 16.0 Å². The van der Waals surface area contributed by atoms with Gasteiger partial charge < -0.3 is 30.2 Å². The normalized spacial score (nSPS) is 29.2. The molecule has 3 N–H and O–H groups in total. The minimum atomic E-state index is -1.31. The highest BCUT2D eigenvalue weighted by atomic mass is 16.6. The summed E-state index contributed by atoms with van der Waals surface area (Å²) in [5, 5.41) is 7.59. The first-order valence-electron chi connectivity index (χ1n) is 13.0. The van der Waals surface area contributed by atoms with Crippen LogP contribution in [0, 0.1) is 23.7 Å². The lowest BCUT2D eigenvalue weighted by Gasteiger charge is -2.30. The molecule has 0 aromatic rings. The van der Waals surface area contributed by atoms with Gasteiger partial charge in [-0.25, -0.2) is 14.4 Å². The fraction of sp³-hybridized carbons (Fsp3) is 0.769. The number of carbonyl (C=O) groups excluding carboxylic acids is 6. The Balaban J connectivity index is 3.47. The Labute approximate surface area is 224 Å². The summed E-state index contributed by atoms with van der Waals surface area (Å²) < 4.78 is 16.1. The van der Waals surface area contributed by atoms with Gasteiger partial charge in [0.25, 0.3) is 17.7 Å². The molecule has 216 valence electrons. The van der Waals surface area contributed by atoms with Gasteiger partial charge in [-0.05, 0) is 37.5 Å². The molecule has 0 aromatic carbocycles. The maximum atomic E-state index is 13.1. The van der Waals surface area contributed by atoms with Crippen molar-refractivity contribution in [2.75, 3.05) is 0 Å². The molecule has 1 rings (SSSR count). The predicted octanol–water partition coefficient (Wildman–Crippen LogP) is 0.854.